The Hall–Kier alpha value is -1.83. The highest BCUT2D eigenvalue weighted by molar-refractivity contribution is 6.00. The number of benzene rings is 2. The number of carbonyl (C=O) groups excluding carboxylic acids is 1. The Labute approximate surface area is 125 Å². The van der Waals surface area contributed by atoms with Crippen LogP contribution in [0.1, 0.15) is 36.0 Å². The molecule has 3 atom stereocenters. The second kappa shape index (κ2) is 5.18. The van der Waals surface area contributed by atoms with Crippen molar-refractivity contribution in [3.8, 4) is 5.75 Å². The van der Waals surface area contributed by atoms with Crippen LogP contribution in [0.4, 0.5) is 0 Å². The van der Waals surface area contributed by atoms with Crippen LogP contribution in [-0.2, 0) is 0 Å². The van der Waals surface area contributed by atoms with E-state index in [4.69, 9.17) is 4.74 Å². The predicted molar refractivity (Wildman–Crippen MR) is 83.8 cm³/mol. The lowest BCUT2D eigenvalue weighted by Crippen LogP contribution is -2.18. The molecule has 0 heterocycles. The highest BCUT2D eigenvalue weighted by atomic mass is 16.5. The zero-order valence-electron chi connectivity index (χ0n) is 12.1. The summed E-state index contributed by atoms with van der Waals surface area (Å²) in [5.41, 5.74) is 0.691. The fourth-order valence-corrected chi connectivity index (χ4v) is 4.30. The Kier molecular flexibility index (Phi) is 3.17. The molecular weight excluding hydrogens is 260 g/mol. The lowest BCUT2D eigenvalue weighted by Gasteiger charge is -2.22. The van der Waals surface area contributed by atoms with Crippen molar-refractivity contribution >= 4 is 17.1 Å². The van der Waals surface area contributed by atoms with E-state index in [1.54, 1.807) is 0 Å². The van der Waals surface area contributed by atoms with E-state index in [2.05, 4.69) is 0 Å². The van der Waals surface area contributed by atoms with Gasteiger partial charge in [0.05, 0.1) is 12.2 Å². The summed E-state index contributed by atoms with van der Waals surface area (Å²) in [6, 6.07) is 12.0. The lowest BCUT2D eigenvalue weighted by molar-refractivity contribution is 0.111. The Morgan fingerprint density at radius 3 is 2.76 bits per heavy atom. The molecule has 2 bridgehead atoms. The third-order valence-corrected chi connectivity index (χ3v) is 5.39. The van der Waals surface area contributed by atoms with Gasteiger partial charge in [-0.2, -0.15) is 0 Å². The van der Waals surface area contributed by atoms with E-state index in [-0.39, 0.29) is 0 Å². The van der Waals surface area contributed by atoms with Crippen LogP contribution in [-0.4, -0.2) is 12.9 Å². The standard InChI is InChI=1S/C19H20O2/c20-11-18-17-4-2-1-3-14(17)7-8-19(18)21-12-16-10-13-5-6-15(16)9-13/h1-4,7-8,11,13,15-16H,5-6,9-10,12H2. The average molecular weight is 280 g/mol. The molecule has 2 saturated carbocycles. The molecule has 0 aliphatic heterocycles. The van der Waals surface area contributed by atoms with Crippen molar-refractivity contribution in [2.45, 2.75) is 25.7 Å². The van der Waals surface area contributed by atoms with Gasteiger partial charge in [0.1, 0.15) is 5.75 Å². The number of hydrogen-bond acceptors (Lipinski definition) is 2. The summed E-state index contributed by atoms with van der Waals surface area (Å²) in [6.45, 7) is 0.764. The first-order valence-corrected chi connectivity index (χ1v) is 7.95. The molecule has 2 aliphatic rings. The van der Waals surface area contributed by atoms with Gasteiger partial charge in [-0.3, -0.25) is 4.79 Å². The molecule has 0 saturated heterocycles. The quantitative estimate of drug-likeness (QED) is 0.772. The van der Waals surface area contributed by atoms with Gasteiger partial charge < -0.3 is 4.74 Å². The summed E-state index contributed by atoms with van der Waals surface area (Å²) < 4.78 is 6.04. The van der Waals surface area contributed by atoms with Gasteiger partial charge in [0.2, 0.25) is 0 Å². The van der Waals surface area contributed by atoms with E-state index < -0.39 is 0 Å². The Morgan fingerprint density at radius 2 is 2.00 bits per heavy atom. The van der Waals surface area contributed by atoms with E-state index in [1.165, 1.54) is 25.7 Å². The third kappa shape index (κ3) is 2.23. The van der Waals surface area contributed by atoms with Gasteiger partial charge in [-0.1, -0.05) is 36.8 Å². The molecule has 0 radical (unpaired) electrons. The molecule has 3 unspecified atom stereocenters. The molecule has 2 aromatic rings. The summed E-state index contributed by atoms with van der Waals surface area (Å²) in [4.78, 5) is 11.5. The van der Waals surface area contributed by atoms with Crippen molar-refractivity contribution in [3.05, 3.63) is 42.0 Å². The maximum atomic E-state index is 11.5. The maximum Gasteiger partial charge on any atom is 0.154 e. The smallest absolute Gasteiger partial charge is 0.154 e. The summed E-state index contributed by atoms with van der Waals surface area (Å²) in [5.74, 6) is 3.22. The first kappa shape index (κ1) is 12.9. The van der Waals surface area contributed by atoms with E-state index in [0.717, 1.165) is 41.3 Å². The number of ether oxygens (including phenoxy) is 1. The number of aldehydes is 1. The Morgan fingerprint density at radius 1 is 1.10 bits per heavy atom. The van der Waals surface area contributed by atoms with E-state index >= 15 is 0 Å². The van der Waals surface area contributed by atoms with Gasteiger partial charge in [0.25, 0.3) is 0 Å². The van der Waals surface area contributed by atoms with Crippen molar-refractivity contribution in [1.82, 2.24) is 0 Å². The van der Waals surface area contributed by atoms with Crippen molar-refractivity contribution < 1.29 is 9.53 Å². The minimum absolute atomic E-state index is 0.690. The van der Waals surface area contributed by atoms with Crippen LogP contribution < -0.4 is 4.74 Å². The highest BCUT2D eigenvalue weighted by Gasteiger charge is 2.39. The molecular formula is C19H20O2. The Bertz CT molecular complexity index is 676. The fourth-order valence-electron chi connectivity index (χ4n) is 4.30. The molecule has 2 heteroatoms. The first-order valence-electron chi connectivity index (χ1n) is 7.95. The molecule has 0 amide bonds. The van der Waals surface area contributed by atoms with Gasteiger partial charge >= 0.3 is 0 Å². The van der Waals surface area contributed by atoms with Crippen LogP contribution in [0.15, 0.2) is 36.4 Å². The van der Waals surface area contributed by atoms with Gasteiger partial charge in [-0.05, 0) is 53.9 Å². The Balaban J connectivity index is 1.57. The van der Waals surface area contributed by atoms with E-state index in [9.17, 15) is 4.79 Å². The SMILES string of the molecule is O=Cc1c(OCC2CC3CCC2C3)ccc2ccccc12. The average Bonchev–Trinajstić information content (AvgIpc) is 3.15. The summed E-state index contributed by atoms with van der Waals surface area (Å²) in [5, 5.41) is 2.07. The second-order valence-electron chi connectivity index (χ2n) is 6.56. The number of rotatable bonds is 4. The van der Waals surface area contributed by atoms with Crippen LogP contribution in [0.5, 0.6) is 5.75 Å². The summed E-state index contributed by atoms with van der Waals surface area (Å²) in [6.07, 6.45) is 6.42. The monoisotopic (exact) mass is 280 g/mol. The molecule has 0 aromatic heterocycles. The number of fused-ring (bicyclic) bond motifs is 3. The normalized spacial score (nSPS) is 27.1. The van der Waals surface area contributed by atoms with E-state index in [0.29, 0.717) is 11.5 Å². The number of carbonyl (C=O) groups is 1. The topological polar surface area (TPSA) is 26.3 Å². The summed E-state index contributed by atoms with van der Waals surface area (Å²) in [7, 11) is 0. The third-order valence-electron chi connectivity index (χ3n) is 5.39. The predicted octanol–water partition coefficient (Wildman–Crippen LogP) is 4.47. The van der Waals surface area contributed by atoms with Crippen LogP contribution in [0.3, 0.4) is 0 Å². The molecule has 21 heavy (non-hydrogen) atoms. The molecule has 0 N–H and O–H groups in total. The molecule has 4 rings (SSSR count). The van der Waals surface area contributed by atoms with Gasteiger partial charge in [0.15, 0.2) is 6.29 Å². The summed E-state index contributed by atoms with van der Waals surface area (Å²) >= 11 is 0. The first-order chi connectivity index (χ1) is 10.3. The van der Waals surface area contributed by atoms with Crippen molar-refractivity contribution in [2.75, 3.05) is 6.61 Å². The highest BCUT2D eigenvalue weighted by Crippen LogP contribution is 2.48. The van der Waals surface area contributed by atoms with Gasteiger partial charge in [0, 0.05) is 0 Å². The van der Waals surface area contributed by atoms with Crippen LogP contribution in [0.25, 0.3) is 10.8 Å². The van der Waals surface area contributed by atoms with Gasteiger partial charge in [-0.15, -0.1) is 0 Å². The molecule has 2 aromatic carbocycles. The van der Waals surface area contributed by atoms with Crippen molar-refractivity contribution in [2.24, 2.45) is 17.8 Å². The zero-order valence-corrected chi connectivity index (χ0v) is 12.1. The maximum absolute atomic E-state index is 11.5. The molecule has 0 spiro atoms. The molecule has 108 valence electrons. The minimum Gasteiger partial charge on any atom is -0.493 e. The second-order valence-corrected chi connectivity index (χ2v) is 6.56. The number of hydrogen-bond donors (Lipinski definition) is 0. The molecule has 2 fully saturated rings. The minimum atomic E-state index is 0.690. The molecule has 2 aliphatic carbocycles. The van der Waals surface area contributed by atoms with E-state index in [1.807, 2.05) is 36.4 Å². The van der Waals surface area contributed by atoms with Crippen molar-refractivity contribution in [1.29, 1.82) is 0 Å². The largest absolute Gasteiger partial charge is 0.493 e. The van der Waals surface area contributed by atoms with Crippen LogP contribution in [0.2, 0.25) is 0 Å². The fraction of sp³-hybridized carbons (Fsp3) is 0.421. The zero-order chi connectivity index (χ0) is 14.2. The van der Waals surface area contributed by atoms with Crippen molar-refractivity contribution in [3.63, 3.8) is 0 Å². The van der Waals surface area contributed by atoms with Crippen LogP contribution in [0, 0.1) is 17.8 Å². The molecule has 2 nitrogen and oxygen atoms in total. The van der Waals surface area contributed by atoms with Crippen LogP contribution >= 0.6 is 0 Å². The lowest BCUT2D eigenvalue weighted by atomic mass is 9.89. The van der Waals surface area contributed by atoms with Gasteiger partial charge in [-0.25, -0.2) is 0 Å².